The topological polar surface area (TPSA) is 66.5 Å². The highest BCUT2D eigenvalue weighted by molar-refractivity contribution is 7.89. The second-order valence-electron chi connectivity index (χ2n) is 8.21. The molecule has 0 aromatic heterocycles. The number of nitrogens with zero attached hydrogens (tertiary/aromatic N) is 1. The van der Waals surface area contributed by atoms with Gasteiger partial charge in [-0.2, -0.15) is 4.31 Å². The maximum atomic E-state index is 13.6. The monoisotopic (exact) mass is 390 g/mol. The van der Waals surface area contributed by atoms with Gasteiger partial charge in [-0.15, -0.1) is 0 Å². The van der Waals surface area contributed by atoms with Crippen LogP contribution in [-0.2, 0) is 27.7 Å². The molecule has 0 radical (unpaired) electrons. The van der Waals surface area contributed by atoms with Gasteiger partial charge in [-0.25, -0.2) is 8.42 Å². The third kappa shape index (κ3) is 3.79. The van der Waals surface area contributed by atoms with Gasteiger partial charge in [0.2, 0.25) is 15.9 Å². The molecule has 3 aliphatic rings. The summed E-state index contributed by atoms with van der Waals surface area (Å²) in [6.07, 6.45) is 9.37. The first-order valence-corrected chi connectivity index (χ1v) is 11.9. The van der Waals surface area contributed by atoms with Gasteiger partial charge in [0, 0.05) is 19.1 Å². The summed E-state index contributed by atoms with van der Waals surface area (Å²) in [4.78, 5) is 13.1. The SMILES string of the molecule is O=C1NCCCCCN(S(=O)(=O)c2ccc3c(c2)CCC3)C2CCCCC12. The molecule has 1 aromatic rings. The van der Waals surface area contributed by atoms with Crippen molar-refractivity contribution in [3.63, 3.8) is 0 Å². The zero-order valence-corrected chi connectivity index (χ0v) is 16.8. The molecule has 1 aliphatic heterocycles. The van der Waals surface area contributed by atoms with Crippen molar-refractivity contribution in [1.82, 2.24) is 9.62 Å². The van der Waals surface area contributed by atoms with Crippen molar-refractivity contribution in [3.8, 4) is 0 Å². The van der Waals surface area contributed by atoms with Crippen molar-refractivity contribution in [2.45, 2.75) is 75.1 Å². The molecule has 5 nitrogen and oxygen atoms in total. The summed E-state index contributed by atoms with van der Waals surface area (Å²) >= 11 is 0. The fourth-order valence-corrected chi connectivity index (χ4v) is 6.76. The third-order valence-electron chi connectivity index (χ3n) is 6.47. The highest BCUT2D eigenvalue weighted by Crippen LogP contribution is 2.34. The number of amides is 1. The van der Waals surface area contributed by atoms with E-state index in [0.717, 1.165) is 64.2 Å². The van der Waals surface area contributed by atoms with Gasteiger partial charge in [0.1, 0.15) is 0 Å². The van der Waals surface area contributed by atoms with E-state index >= 15 is 0 Å². The van der Waals surface area contributed by atoms with E-state index in [4.69, 9.17) is 0 Å². The summed E-state index contributed by atoms with van der Waals surface area (Å²) in [6.45, 7) is 1.23. The van der Waals surface area contributed by atoms with Crippen molar-refractivity contribution in [2.24, 2.45) is 5.92 Å². The Morgan fingerprint density at radius 3 is 2.63 bits per heavy atom. The maximum absolute atomic E-state index is 13.6. The molecule has 1 saturated heterocycles. The van der Waals surface area contributed by atoms with Crippen molar-refractivity contribution in [2.75, 3.05) is 13.1 Å². The van der Waals surface area contributed by atoms with Crippen LogP contribution in [0.2, 0.25) is 0 Å². The van der Waals surface area contributed by atoms with E-state index in [1.165, 1.54) is 11.1 Å². The van der Waals surface area contributed by atoms with Crippen LogP contribution in [-0.4, -0.2) is 37.8 Å². The van der Waals surface area contributed by atoms with E-state index in [1.807, 2.05) is 12.1 Å². The zero-order chi connectivity index (χ0) is 18.9. The molecule has 2 unspecified atom stereocenters. The van der Waals surface area contributed by atoms with Crippen LogP contribution in [0.5, 0.6) is 0 Å². The molecule has 1 N–H and O–H groups in total. The van der Waals surface area contributed by atoms with E-state index in [2.05, 4.69) is 5.32 Å². The van der Waals surface area contributed by atoms with Crippen LogP contribution in [0.15, 0.2) is 23.1 Å². The summed E-state index contributed by atoms with van der Waals surface area (Å²) in [5, 5.41) is 3.04. The number of hydrogen-bond donors (Lipinski definition) is 1. The highest BCUT2D eigenvalue weighted by Gasteiger charge is 2.40. The molecule has 1 amide bonds. The molecule has 1 aromatic carbocycles. The average Bonchev–Trinajstić information content (AvgIpc) is 3.15. The second-order valence-corrected chi connectivity index (χ2v) is 10.1. The minimum Gasteiger partial charge on any atom is -0.356 e. The zero-order valence-electron chi connectivity index (χ0n) is 16.0. The third-order valence-corrected chi connectivity index (χ3v) is 8.39. The summed E-state index contributed by atoms with van der Waals surface area (Å²) < 4.78 is 28.9. The molecular formula is C21H30N2O3S. The predicted molar refractivity (Wildman–Crippen MR) is 105 cm³/mol. The van der Waals surface area contributed by atoms with Gasteiger partial charge in [0.25, 0.3) is 0 Å². The first-order valence-electron chi connectivity index (χ1n) is 10.5. The molecule has 4 rings (SSSR count). The first kappa shape index (κ1) is 18.9. The van der Waals surface area contributed by atoms with E-state index in [1.54, 1.807) is 10.4 Å². The Morgan fingerprint density at radius 1 is 0.926 bits per heavy atom. The Bertz CT molecular complexity index is 806. The van der Waals surface area contributed by atoms with Crippen LogP contribution in [0.25, 0.3) is 0 Å². The Balaban J connectivity index is 1.69. The fraction of sp³-hybridized carbons (Fsp3) is 0.667. The lowest BCUT2D eigenvalue weighted by Crippen LogP contribution is -2.51. The van der Waals surface area contributed by atoms with Gasteiger partial charge in [0.05, 0.1) is 10.8 Å². The van der Waals surface area contributed by atoms with Crippen molar-refractivity contribution in [3.05, 3.63) is 29.3 Å². The molecular weight excluding hydrogens is 360 g/mol. The number of rotatable bonds is 2. The van der Waals surface area contributed by atoms with Gasteiger partial charge in [-0.05, 0) is 68.2 Å². The summed E-state index contributed by atoms with van der Waals surface area (Å²) in [7, 11) is -3.59. The quantitative estimate of drug-likeness (QED) is 0.844. The van der Waals surface area contributed by atoms with Crippen molar-refractivity contribution in [1.29, 1.82) is 0 Å². The van der Waals surface area contributed by atoms with Gasteiger partial charge in [-0.3, -0.25) is 4.79 Å². The number of aryl methyl sites for hydroxylation is 2. The first-order chi connectivity index (χ1) is 13.1. The van der Waals surface area contributed by atoms with E-state index in [9.17, 15) is 13.2 Å². The standard InChI is InChI=1S/C21H30N2O3S/c24-21-19-9-2-3-10-20(19)23(14-5-1-4-13-22-21)27(25,26)18-12-11-16-7-6-8-17(16)15-18/h11-12,15,19-20H,1-10,13-14H2,(H,22,24). The molecule has 2 aliphatic carbocycles. The van der Waals surface area contributed by atoms with Crippen LogP contribution < -0.4 is 5.32 Å². The maximum Gasteiger partial charge on any atom is 0.243 e. The number of fused-ring (bicyclic) bond motifs is 2. The number of hydrogen-bond acceptors (Lipinski definition) is 3. The Kier molecular flexibility index (Phi) is 5.55. The lowest BCUT2D eigenvalue weighted by molar-refractivity contribution is -0.127. The summed E-state index contributed by atoms with van der Waals surface area (Å²) in [5.41, 5.74) is 2.46. The van der Waals surface area contributed by atoms with Crippen LogP contribution >= 0.6 is 0 Å². The van der Waals surface area contributed by atoms with Crippen LogP contribution in [0.1, 0.15) is 62.5 Å². The highest BCUT2D eigenvalue weighted by atomic mass is 32.2. The molecule has 6 heteroatoms. The molecule has 2 atom stereocenters. The van der Waals surface area contributed by atoms with E-state index in [-0.39, 0.29) is 17.9 Å². The van der Waals surface area contributed by atoms with Crippen LogP contribution in [0.4, 0.5) is 0 Å². The Morgan fingerprint density at radius 2 is 1.74 bits per heavy atom. The van der Waals surface area contributed by atoms with Crippen molar-refractivity contribution >= 4 is 15.9 Å². The Labute approximate surface area is 162 Å². The number of sulfonamides is 1. The van der Waals surface area contributed by atoms with Gasteiger partial charge >= 0.3 is 0 Å². The van der Waals surface area contributed by atoms with Crippen LogP contribution in [0.3, 0.4) is 0 Å². The van der Waals surface area contributed by atoms with E-state index < -0.39 is 10.0 Å². The van der Waals surface area contributed by atoms with Crippen molar-refractivity contribution < 1.29 is 13.2 Å². The molecule has 1 saturated carbocycles. The molecule has 2 fully saturated rings. The second kappa shape index (κ2) is 7.92. The number of carbonyl (C=O) groups excluding carboxylic acids is 1. The normalized spacial score (nSPS) is 27.5. The molecule has 1 heterocycles. The largest absolute Gasteiger partial charge is 0.356 e. The fourth-order valence-electron chi connectivity index (χ4n) is 4.98. The van der Waals surface area contributed by atoms with E-state index in [0.29, 0.717) is 18.0 Å². The minimum absolute atomic E-state index is 0.0377. The van der Waals surface area contributed by atoms with Gasteiger partial charge in [0.15, 0.2) is 0 Å². The summed E-state index contributed by atoms with van der Waals surface area (Å²) in [6, 6.07) is 5.43. The Hall–Kier alpha value is -1.40. The average molecular weight is 391 g/mol. The summed E-state index contributed by atoms with van der Waals surface area (Å²) in [5.74, 6) is -0.184. The lowest BCUT2D eigenvalue weighted by atomic mass is 9.83. The van der Waals surface area contributed by atoms with Crippen LogP contribution in [0, 0.1) is 5.92 Å². The minimum atomic E-state index is -3.59. The smallest absolute Gasteiger partial charge is 0.243 e. The number of benzene rings is 1. The molecule has 27 heavy (non-hydrogen) atoms. The number of carbonyl (C=O) groups is 1. The van der Waals surface area contributed by atoms with Gasteiger partial charge < -0.3 is 5.32 Å². The molecule has 0 bridgehead atoms. The predicted octanol–water partition coefficient (Wildman–Crippen LogP) is 3.02. The molecule has 0 spiro atoms. The molecule has 148 valence electrons. The van der Waals surface area contributed by atoms with Gasteiger partial charge in [-0.1, -0.05) is 25.3 Å². The lowest BCUT2D eigenvalue weighted by Gasteiger charge is -2.39. The number of nitrogens with one attached hydrogen (secondary N) is 1.